The Morgan fingerprint density at radius 1 is 1.12 bits per heavy atom. The van der Waals surface area contributed by atoms with Crippen LogP contribution in [-0.2, 0) is 6.42 Å². The summed E-state index contributed by atoms with van der Waals surface area (Å²) in [5.41, 5.74) is 1.94. The highest BCUT2D eigenvalue weighted by Crippen LogP contribution is 2.18. The maximum atomic E-state index is 12.2. The third-order valence-electron chi connectivity index (χ3n) is 4.60. The summed E-state index contributed by atoms with van der Waals surface area (Å²) in [6, 6.07) is 17.8. The van der Waals surface area contributed by atoms with Gasteiger partial charge >= 0.3 is 0 Å². The Morgan fingerprint density at radius 2 is 1.88 bits per heavy atom. The zero-order valence-corrected chi connectivity index (χ0v) is 14.5. The fourth-order valence-electron chi connectivity index (χ4n) is 3.19. The van der Waals surface area contributed by atoms with Crippen LogP contribution >= 0.6 is 11.6 Å². The Balaban J connectivity index is 1.42. The van der Waals surface area contributed by atoms with Crippen molar-refractivity contribution in [1.82, 2.24) is 10.2 Å². The van der Waals surface area contributed by atoms with Gasteiger partial charge in [0.25, 0.3) is 5.91 Å². The van der Waals surface area contributed by atoms with Gasteiger partial charge in [-0.25, -0.2) is 0 Å². The second-order valence-electron chi connectivity index (χ2n) is 6.38. The number of likely N-dealkylation sites (tertiary alicyclic amines) is 1. The van der Waals surface area contributed by atoms with Crippen molar-refractivity contribution in [3.05, 3.63) is 70.7 Å². The fourth-order valence-corrected chi connectivity index (χ4v) is 3.41. The van der Waals surface area contributed by atoms with Crippen molar-refractivity contribution < 1.29 is 4.79 Å². The molecule has 1 N–H and O–H groups in total. The SMILES string of the molecule is O=C(NC[C@H]1CCN(CCc2ccccc2)C1)c1ccccc1Cl. The number of amides is 1. The van der Waals surface area contributed by atoms with E-state index in [2.05, 4.69) is 40.5 Å². The minimum atomic E-state index is -0.0802. The van der Waals surface area contributed by atoms with Crippen LogP contribution in [0, 0.1) is 5.92 Å². The number of carbonyl (C=O) groups is 1. The Kier molecular flexibility index (Phi) is 5.89. The third kappa shape index (κ3) is 4.59. The van der Waals surface area contributed by atoms with E-state index in [9.17, 15) is 4.79 Å². The molecule has 1 amide bonds. The van der Waals surface area contributed by atoms with Gasteiger partial charge in [-0.3, -0.25) is 4.79 Å². The number of halogens is 1. The molecule has 3 nitrogen and oxygen atoms in total. The zero-order chi connectivity index (χ0) is 16.8. The maximum Gasteiger partial charge on any atom is 0.252 e. The molecule has 0 saturated carbocycles. The van der Waals surface area contributed by atoms with Crippen LogP contribution in [0.25, 0.3) is 0 Å². The first-order valence-corrected chi connectivity index (χ1v) is 8.89. The molecule has 24 heavy (non-hydrogen) atoms. The maximum absolute atomic E-state index is 12.2. The fraction of sp³-hybridized carbons (Fsp3) is 0.350. The molecule has 0 radical (unpaired) electrons. The molecule has 3 rings (SSSR count). The normalized spacial score (nSPS) is 17.8. The van der Waals surface area contributed by atoms with Gasteiger partial charge in [-0.05, 0) is 43.0 Å². The highest BCUT2D eigenvalue weighted by atomic mass is 35.5. The van der Waals surface area contributed by atoms with E-state index < -0.39 is 0 Å². The van der Waals surface area contributed by atoms with Crippen molar-refractivity contribution in [1.29, 1.82) is 0 Å². The summed E-state index contributed by atoms with van der Waals surface area (Å²) in [6.07, 6.45) is 2.22. The minimum absolute atomic E-state index is 0.0802. The lowest BCUT2D eigenvalue weighted by Gasteiger charge is -2.16. The Hall–Kier alpha value is -1.84. The molecule has 1 heterocycles. The molecular formula is C20H23ClN2O. The van der Waals surface area contributed by atoms with E-state index in [1.165, 1.54) is 5.56 Å². The highest BCUT2D eigenvalue weighted by molar-refractivity contribution is 6.33. The predicted molar refractivity (Wildman–Crippen MR) is 98.5 cm³/mol. The number of hydrogen-bond acceptors (Lipinski definition) is 2. The molecule has 2 aromatic carbocycles. The monoisotopic (exact) mass is 342 g/mol. The smallest absolute Gasteiger partial charge is 0.252 e. The number of nitrogens with one attached hydrogen (secondary N) is 1. The van der Waals surface area contributed by atoms with Crippen LogP contribution in [0.5, 0.6) is 0 Å². The average Bonchev–Trinajstić information content (AvgIpc) is 3.07. The number of benzene rings is 2. The Labute approximate surface area is 148 Å². The second-order valence-corrected chi connectivity index (χ2v) is 6.79. The van der Waals surface area contributed by atoms with E-state index in [4.69, 9.17) is 11.6 Å². The van der Waals surface area contributed by atoms with E-state index in [1.807, 2.05) is 12.1 Å². The van der Waals surface area contributed by atoms with E-state index in [1.54, 1.807) is 12.1 Å². The van der Waals surface area contributed by atoms with Crippen molar-refractivity contribution in [3.8, 4) is 0 Å². The lowest BCUT2D eigenvalue weighted by atomic mass is 10.1. The first-order valence-electron chi connectivity index (χ1n) is 8.51. The summed E-state index contributed by atoms with van der Waals surface area (Å²) in [5.74, 6) is 0.440. The van der Waals surface area contributed by atoms with Gasteiger partial charge < -0.3 is 10.2 Å². The summed E-state index contributed by atoms with van der Waals surface area (Å²) >= 11 is 6.07. The minimum Gasteiger partial charge on any atom is -0.352 e. The Bertz CT molecular complexity index is 674. The second kappa shape index (κ2) is 8.32. The summed E-state index contributed by atoms with van der Waals surface area (Å²) in [4.78, 5) is 14.7. The van der Waals surface area contributed by atoms with E-state index in [0.717, 1.165) is 32.5 Å². The molecule has 0 aromatic heterocycles. The summed E-state index contributed by atoms with van der Waals surface area (Å²) < 4.78 is 0. The molecule has 0 spiro atoms. The van der Waals surface area contributed by atoms with Crippen LogP contribution < -0.4 is 5.32 Å². The van der Waals surface area contributed by atoms with E-state index >= 15 is 0 Å². The van der Waals surface area contributed by atoms with E-state index in [0.29, 0.717) is 23.0 Å². The molecule has 1 aliphatic heterocycles. The summed E-state index contributed by atoms with van der Waals surface area (Å²) in [6.45, 7) is 3.96. The molecular weight excluding hydrogens is 320 g/mol. The van der Waals surface area contributed by atoms with Crippen molar-refractivity contribution in [2.45, 2.75) is 12.8 Å². The van der Waals surface area contributed by atoms with Crippen LogP contribution in [0.3, 0.4) is 0 Å². The molecule has 0 aliphatic carbocycles. The first kappa shape index (κ1) is 17.0. The molecule has 0 bridgehead atoms. The number of rotatable bonds is 6. The van der Waals surface area contributed by atoms with E-state index in [-0.39, 0.29) is 5.91 Å². The molecule has 1 fully saturated rings. The number of hydrogen-bond donors (Lipinski definition) is 1. The van der Waals surface area contributed by atoms with Gasteiger partial charge in [-0.15, -0.1) is 0 Å². The van der Waals surface area contributed by atoms with Gasteiger partial charge in [-0.2, -0.15) is 0 Å². The molecule has 4 heteroatoms. The summed E-state index contributed by atoms with van der Waals surface area (Å²) in [7, 11) is 0. The van der Waals surface area contributed by atoms with Gasteiger partial charge in [0.2, 0.25) is 0 Å². The molecule has 2 aromatic rings. The highest BCUT2D eigenvalue weighted by Gasteiger charge is 2.22. The lowest BCUT2D eigenvalue weighted by Crippen LogP contribution is -2.31. The Morgan fingerprint density at radius 3 is 2.67 bits per heavy atom. The quantitative estimate of drug-likeness (QED) is 0.869. The zero-order valence-electron chi connectivity index (χ0n) is 13.7. The third-order valence-corrected chi connectivity index (χ3v) is 4.93. The molecule has 1 atom stereocenters. The molecule has 0 unspecified atom stereocenters. The topological polar surface area (TPSA) is 32.3 Å². The van der Waals surface area contributed by atoms with Gasteiger partial charge in [0, 0.05) is 19.6 Å². The molecule has 1 aliphatic rings. The standard InChI is InChI=1S/C20H23ClN2O/c21-19-9-5-4-8-18(19)20(24)22-14-17-11-13-23(15-17)12-10-16-6-2-1-3-7-16/h1-9,17H,10-15H2,(H,22,24)/t17-/m1/s1. The lowest BCUT2D eigenvalue weighted by molar-refractivity contribution is 0.0947. The van der Waals surface area contributed by atoms with Crippen LogP contribution in [0.4, 0.5) is 0 Å². The average molecular weight is 343 g/mol. The van der Waals surface area contributed by atoms with Crippen molar-refractivity contribution in [3.63, 3.8) is 0 Å². The predicted octanol–water partition coefficient (Wildman–Crippen LogP) is 3.63. The van der Waals surface area contributed by atoms with Gasteiger partial charge in [-0.1, -0.05) is 54.1 Å². The number of carbonyl (C=O) groups excluding carboxylic acids is 1. The van der Waals surface area contributed by atoms with Crippen LogP contribution in [0.1, 0.15) is 22.3 Å². The van der Waals surface area contributed by atoms with Gasteiger partial charge in [0.05, 0.1) is 10.6 Å². The number of nitrogens with zero attached hydrogens (tertiary/aromatic N) is 1. The van der Waals surface area contributed by atoms with Crippen LogP contribution in [-0.4, -0.2) is 37.0 Å². The first-order chi connectivity index (χ1) is 11.7. The van der Waals surface area contributed by atoms with Crippen molar-refractivity contribution in [2.75, 3.05) is 26.2 Å². The van der Waals surface area contributed by atoms with Gasteiger partial charge in [0.1, 0.15) is 0 Å². The molecule has 126 valence electrons. The summed E-state index contributed by atoms with van der Waals surface area (Å²) in [5, 5.41) is 3.53. The van der Waals surface area contributed by atoms with Gasteiger partial charge in [0.15, 0.2) is 0 Å². The van der Waals surface area contributed by atoms with Crippen LogP contribution in [0.15, 0.2) is 54.6 Å². The van der Waals surface area contributed by atoms with Crippen LogP contribution in [0.2, 0.25) is 5.02 Å². The molecule has 1 saturated heterocycles. The largest absolute Gasteiger partial charge is 0.352 e. The van der Waals surface area contributed by atoms with Crippen molar-refractivity contribution >= 4 is 17.5 Å². The van der Waals surface area contributed by atoms with Crippen molar-refractivity contribution in [2.24, 2.45) is 5.92 Å².